The molecule has 0 N–H and O–H groups in total. The fourth-order valence-electron chi connectivity index (χ4n) is 7.93. The van der Waals surface area contributed by atoms with Crippen molar-refractivity contribution in [3.63, 3.8) is 0 Å². The Morgan fingerprint density at radius 1 is 0.372 bits per heavy atom. The number of benzene rings is 6. The van der Waals surface area contributed by atoms with Crippen molar-refractivity contribution in [2.75, 3.05) is 0 Å². The SMILES string of the molecule is Cc1ccc(-c2cc3c(c(C4(C)c5ccccc5-c5c(-c6ccc(C)cc6)cccc54)c2)-c2ccccc2C3(C)C)cc1. The van der Waals surface area contributed by atoms with Crippen LogP contribution in [-0.4, -0.2) is 0 Å². The fourth-order valence-corrected chi connectivity index (χ4v) is 7.93. The second-order valence-corrected chi connectivity index (χ2v) is 13.2. The van der Waals surface area contributed by atoms with E-state index < -0.39 is 0 Å². The first-order valence-electron chi connectivity index (χ1n) is 15.4. The Hall–Kier alpha value is -4.68. The number of rotatable bonds is 3. The van der Waals surface area contributed by atoms with Gasteiger partial charge in [-0.1, -0.05) is 140 Å². The molecule has 0 heteroatoms. The third-order valence-electron chi connectivity index (χ3n) is 10.3. The van der Waals surface area contributed by atoms with Crippen molar-refractivity contribution >= 4 is 0 Å². The Bertz CT molecular complexity index is 2050. The van der Waals surface area contributed by atoms with Gasteiger partial charge in [0.25, 0.3) is 0 Å². The molecule has 8 rings (SSSR count). The summed E-state index contributed by atoms with van der Waals surface area (Å²) in [5.41, 5.74) is 19.8. The molecule has 1 unspecified atom stereocenters. The minimum Gasteiger partial charge on any atom is -0.0619 e. The molecular weight excluding hydrogens is 516 g/mol. The lowest BCUT2D eigenvalue weighted by atomic mass is 9.70. The first-order valence-corrected chi connectivity index (χ1v) is 15.4. The van der Waals surface area contributed by atoms with Gasteiger partial charge < -0.3 is 0 Å². The zero-order chi connectivity index (χ0) is 29.5. The lowest BCUT2D eigenvalue weighted by Crippen LogP contribution is -2.24. The highest BCUT2D eigenvalue weighted by Crippen LogP contribution is 2.60. The number of fused-ring (bicyclic) bond motifs is 6. The fraction of sp³-hybridized carbons (Fsp3) is 0.163. The normalized spacial score (nSPS) is 17.2. The quantitative estimate of drug-likeness (QED) is 0.205. The van der Waals surface area contributed by atoms with Crippen LogP contribution in [0, 0.1) is 13.8 Å². The molecule has 0 saturated heterocycles. The minimum absolute atomic E-state index is 0.0948. The van der Waals surface area contributed by atoms with E-state index in [9.17, 15) is 0 Å². The summed E-state index contributed by atoms with van der Waals surface area (Å²) in [6.07, 6.45) is 0. The average molecular weight is 553 g/mol. The van der Waals surface area contributed by atoms with E-state index in [1.165, 1.54) is 83.5 Å². The molecular formula is C43H36. The van der Waals surface area contributed by atoms with E-state index in [0.29, 0.717) is 0 Å². The van der Waals surface area contributed by atoms with Crippen molar-refractivity contribution in [1.82, 2.24) is 0 Å². The summed E-state index contributed by atoms with van der Waals surface area (Å²) < 4.78 is 0. The lowest BCUT2D eigenvalue weighted by molar-refractivity contribution is 0.656. The molecule has 0 amide bonds. The van der Waals surface area contributed by atoms with Gasteiger partial charge in [0.1, 0.15) is 0 Å². The van der Waals surface area contributed by atoms with Crippen LogP contribution >= 0.6 is 0 Å². The topological polar surface area (TPSA) is 0 Å². The Morgan fingerprint density at radius 2 is 0.884 bits per heavy atom. The molecule has 0 bridgehead atoms. The number of hydrogen-bond acceptors (Lipinski definition) is 0. The maximum absolute atomic E-state index is 2.51. The molecule has 0 fully saturated rings. The molecule has 208 valence electrons. The Kier molecular flexibility index (Phi) is 5.53. The molecule has 43 heavy (non-hydrogen) atoms. The second kappa shape index (κ2) is 9.16. The predicted octanol–water partition coefficient (Wildman–Crippen LogP) is 11.3. The Balaban J connectivity index is 1.49. The first-order chi connectivity index (χ1) is 20.8. The average Bonchev–Trinajstić information content (AvgIpc) is 3.43. The molecule has 1 atom stereocenters. The minimum atomic E-state index is -0.328. The van der Waals surface area contributed by atoms with Gasteiger partial charge in [0.05, 0.1) is 0 Å². The van der Waals surface area contributed by atoms with Gasteiger partial charge in [-0.25, -0.2) is 0 Å². The van der Waals surface area contributed by atoms with Crippen LogP contribution in [0.3, 0.4) is 0 Å². The van der Waals surface area contributed by atoms with Crippen LogP contribution in [0.25, 0.3) is 44.5 Å². The molecule has 2 aliphatic rings. The molecule has 0 saturated carbocycles. The van der Waals surface area contributed by atoms with E-state index in [2.05, 4.69) is 162 Å². The maximum atomic E-state index is 2.51. The molecule has 0 aliphatic heterocycles. The Morgan fingerprint density at radius 3 is 1.56 bits per heavy atom. The lowest BCUT2D eigenvalue weighted by Gasteiger charge is -2.32. The van der Waals surface area contributed by atoms with Gasteiger partial charge in [0, 0.05) is 10.8 Å². The zero-order valence-corrected chi connectivity index (χ0v) is 25.6. The van der Waals surface area contributed by atoms with E-state index in [4.69, 9.17) is 0 Å². The third kappa shape index (κ3) is 3.63. The summed E-state index contributed by atoms with van der Waals surface area (Å²) in [5.74, 6) is 0. The van der Waals surface area contributed by atoms with Crippen LogP contribution < -0.4 is 0 Å². The number of hydrogen-bond donors (Lipinski definition) is 0. The van der Waals surface area contributed by atoms with E-state index >= 15 is 0 Å². The van der Waals surface area contributed by atoms with E-state index in [1.54, 1.807) is 0 Å². The van der Waals surface area contributed by atoms with E-state index in [1.807, 2.05) is 0 Å². The van der Waals surface area contributed by atoms with Gasteiger partial charge in [-0.3, -0.25) is 0 Å². The van der Waals surface area contributed by atoms with Crippen molar-refractivity contribution < 1.29 is 0 Å². The molecule has 2 aliphatic carbocycles. The molecule has 0 heterocycles. The van der Waals surface area contributed by atoms with Crippen molar-refractivity contribution in [2.45, 2.75) is 45.4 Å². The summed E-state index contributed by atoms with van der Waals surface area (Å²) in [6, 6.07) is 48.2. The second-order valence-electron chi connectivity index (χ2n) is 13.2. The summed E-state index contributed by atoms with van der Waals surface area (Å²) >= 11 is 0. The summed E-state index contributed by atoms with van der Waals surface area (Å²) in [5, 5.41) is 0. The molecule has 0 aromatic heterocycles. The highest BCUT2D eigenvalue weighted by atomic mass is 14.5. The highest BCUT2D eigenvalue weighted by Gasteiger charge is 2.46. The van der Waals surface area contributed by atoms with Gasteiger partial charge >= 0.3 is 0 Å². The molecule has 0 nitrogen and oxygen atoms in total. The van der Waals surface area contributed by atoms with Gasteiger partial charge in [-0.05, 0) is 105 Å². The third-order valence-corrected chi connectivity index (χ3v) is 10.3. The highest BCUT2D eigenvalue weighted by molar-refractivity contribution is 5.96. The van der Waals surface area contributed by atoms with Crippen molar-refractivity contribution in [1.29, 1.82) is 0 Å². The zero-order valence-electron chi connectivity index (χ0n) is 25.6. The van der Waals surface area contributed by atoms with Crippen molar-refractivity contribution in [3.05, 3.63) is 166 Å². The number of aryl methyl sites for hydroxylation is 2. The molecule has 0 spiro atoms. The van der Waals surface area contributed by atoms with E-state index in [0.717, 1.165) is 0 Å². The van der Waals surface area contributed by atoms with Crippen LogP contribution in [0.4, 0.5) is 0 Å². The molecule has 6 aromatic carbocycles. The summed E-state index contributed by atoms with van der Waals surface area (Å²) in [4.78, 5) is 0. The van der Waals surface area contributed by atoms with E-state index in [-0.39, 0.29) is 10.8 Å². The maximum Gasteiger partial charge on any atom is 0.0442 e. The molecule has 6 aromatic rings. The van der Waals surface area contributed by atoms with Crippen molar-refractivity contribution in [3.8, 4) is 44.5 Å². The monoisotopic (exact) mass is 552 g/mol. The van der Waals surface area contributed by atoms with Gasteiger partial charge in [0.15, 0.2) is 0 Å². The van der Waals surface area contributed by atoms with Gasteiger partial charge in [-0.2, -0.15) is 0 Å². The van der Waals surface area contributed by atoms with Gasteiger partial charge in [-0.15, -0.1) is 0 Å². The summed E-state index contributed by atoms with van der Waals surface area (Å²) in [7, 11) is 0. The standard InChI is InChI=1S/C43H36/c1-27-17-21-29(22-18-27)31-25-38-41(33-11-6-8-14-35(33)42(38,3)4)39(26-31)43(5)36-15-9-7-12-34(36)40-32(13-10-16-37(40)43)30-23-19-28(2)20-24-30/h6-26H,1-5H3. The van der Waals surface area contributed by atoms with Crippen LogP contribution in [-0.2, 0) is 10.8 Å². The largest absolute Gasteiger partial charge is 0.0619 e. The predicted molar refractivity (Wildman–Crippen MR) is 182 cm³/mol. The van der Waals surface area contributed by atoms with Crippen LogP contribution in [0.5, 0.6) is 0 Å². The smallest absolute Gasteiger partial charge is 0.0442 e. The van der Waals surface area contributed by atoms with Crippen LogP contribution in [0.1, 0.15) is 59.7 Å². The molecule has 0 radical (unpaired) electrons. The Labute approximate surface area is 255 Å². The summed E-state index contributed by atoms with van der Waals surface area (Å²) in [6.45, 7) is 11.6. The van der Waals surface area contributed by atoms with Crippen LogP contribution in [0.2, 0.25) is 0 Å². The first kappa shape index (κ1) is 26.0. The van der Waals surface area contributed by atoms with Gasteiger partial charge in [0.2, 0.25) is 0 Å². The van der Waals surface area contributed by atoms with Crippen LogP contribution in [0.15, 0.2) is 127 Å². The van der Waals surface area contributed by atoms with Crippen molar-refractivity contribution in [2.24, 2.45) is 0 Å².